The van der Waals surface area contributed by atoms with E-state index in [1.54, 1.807) is 6.92 Å². The Hall–Kier alpha value is -0.650. The molecule has 1 fully saturated rings. The average molecular weight is 231 g/mol. The van der Waals surface area contributed by atoms with Crippen LogP contribution in [-0.4, -0.2) is 49.6 Å². The van der Waals surface area contributed by atoms with Gasteiger partial charge in [0.05, 0.1) is 19.1 Å². The van der Waals surface area contributed by atoms with E-state index in [2.05, 4.69) is 5.32 Å². The first-order chi connectivity index (χ1) is 7.72. The van der Waals surface area contributed by atoms with Gasteiger partial charge in [-0.2, -0.15) is 0 Å². The summed E-state index contributed by atoms with van der Waals surface area (Å²) in [5.41, 5.74) is 0. The van der Waals surface area contributed by atoms with Crippen molar-refractivity contribution in [1.82, 2.24) is 5.32 Å². The first-order valence-corrected chi connectivity index (χ1v) is 5.87. The summed E-state index contributed by atoms with van der Waals surface area (Å²) in [6, 6.07) is 0.394. The minimum Gasteiger partial charge on any atom is -0.466 e. The van der Waals surface area contributed by atoms with Gasteiger partial charge in [-0.25, -0.2) is 0 Å². The molecule has 2 N–H and O–H groups in total. The van der Waals surface area contributed by atoms with E-state index in [1.165, 1.54) is 0 Å². The maximum Gasteiger partial charge on any atom is 0.308 e. The highest BCUT2D eigenvalue weighted by Crippen LogP contribution is 2.06. The van der Waals surface area contributed by atoms with E-state index >= 15 is 0 Å². The van der Waals surface area contributed by atoms with Gasteiger partial charge in [-0.15, -0.1) is 0 Å². The van der Waals surface area contributed by atoms with Crippen molar-refractivity contribution in [2.75, 3.05) is 26.4 Å². The van der Waals surface area contributed by atoms with Crippen LogP contribution in [0.3, 0.4) is 0 Å². The topological polar surface area (TPSA) is 67.8 Å². The Morgan fingerprint density at radius 2 is 2.25 bits per heavy atom. The largest absolute Gasteiger partial charge is 0.466 e. The summed E-state index contributed by atoms with van der Waals surface area (Å²) in [7, 11) is 0. The van der Waals surface area contributed by atoms with Crippen molar-refractivity contribution in [3.63, 3.8) is 0 Å². The highest BCUT2D eigenvalue weighted by molar-refractivity contribution is 5.69. The number of hydrogen-bond donors (Lipinski definition) is 2. The molecular formula is C11H21NO4. The second-order valence-corrected chi connectivity index (χ2v) is 3.96. The lowest BCUT2D eigenvalue weighted by atomic mass is 10.1. The molecule has 1 aliphatic rings. The summed E-state index contributed by atoms with van der Waals surface area (Å²) in [6.45, 7) is 4.09. The molecule has 0 aromatic rings. The number of nitrogens with one attached hydrogen (secondary N) is 1. The molecule has 1 heterocycles. The van der Waals surface area contributed by atoms with Crippen molar-refractivity contribution in [2.24, 2.45) is 0 Å². The Morgan fingerprint density at radius 1 is 1.56 bits per heavy atom. The van der Waals surface area contributed by atoms with E-state index in [9.17, 15) is 9.90 Å². The van der Waals surface area contributed by atoms with Crippen molar-refractivity contribution in [1.29, 1.82) is 0 Å². The lowest BCUT2D eigenvalue weighted by Crippen LogP contribution is -2.39. The molecule has 0 saturated carbocycles. The van der Waals surface area contributed by atoms with E-state index in [1.807, 2.05) is 0 Å². The molecule has 0 aromatic carbocycles. The number of esters is 1. The molecule has 0 radical (unpaired) electrons. The summed E-state index contributed by atoms with van der Waals surface area (Å²) >= 11 is 0. The SMILES string of the molecule is CCOC(=O)CC(O)CNC1CCOCC1. The molecule has 1 rings (SSSR count). The normalized spacial score (nSPS) is 19.4. The molecule has 1 unspecified atom stereocenters. The third-order valence-electron chi connectivity index (χ3n) is 2.57. The van der Waals surface area contributed by atoms with Crippen LogP contribution in [0.4, 0.5) is 0 Å². The zero-order valence-corrected chi connectivity index (χ0v) is 9.78. The number of hydrogen-bond acceptors (Lipinski definition) is 5. The van der Waals surface area contributed by atoms with Gasteiger partial charge in [0.15, 0.2) is 0 Å². The zero-order valence-electron chi connectivity index (χ0n) is 9.78. The predicted octanol–water partition coefficient (Wildman–Crippen LogP) is 0.0691. The lowest BCUT2D eigenvalue weighted by molar-refractivity contribution is -0.145. The number of rotatable bonds is 6. The maximum absolute atomic E-state index is 11.1. The minimum atomic E-state index is -0.665. The van der Waals surface area contributed by atoms with Crippen molar-refractivity contribution in [2.45, 2.75) is 38.3 Å². The van der Waals surface area contributed by atoms with Gasteiger partial charge in [0.2, 0.25) is 0 Å². The molecule has 1 atom stereocenters. The van der Waals surface area contributed by atoms with Crippen LogP contribution >= 0.6 is 0 Å². The third-order valence-corrected chi connectivity index (χ3v) is 2.57. The van der Waals surface area contributed by atoms with Crippen LogP contribution in [0, 0.1) is 0 Å². The molecular weight excluding hydrogens is 210 g/mol. The zero-order chi connectivity index (χ0) is 11.8. The Labute approximate surface area is 96.1 Å². The Morgan fingerprint density at radius 3 is 2.88 bits per heavy atom. The fourth-order valence-electron chi connectivity index (χ4n) is 1.69. The van der Waals surface area contributed by atoms with Gasteiger partial charge in [0.25, 0.3) is 0 Å². The van der Waals surface area contributed by atoms with Gasteiger partial charge in [-0.1, -0.05) is 0 Å². The first-order valence-electron chi connectivity index (χ1n) is 5.87. The molecule has 16 heavy (non-hydrogen) atoms. The predicted molar refractivity (Wildman–Crippen MR) is 59.1 cm³/mol. The highest BCUT2D eigenvalue weighted by Gasteiger charge is 2.16. The summed E-state index contributed by atoms with van der Waals surface area (Å²) < 4.78 is 9.98. The minimum absolute atomic E-state index is 0.0596. The average Bonchev–Trinajstić information content (AvgIpc) is 2.28. The standard InChI is InChI=1S/C11H21NO4/c1-2-16-11(14)7-10(13)8-12-9-3-5-15-6-4-9/h9-10,12-13H,2-8H2,1H3. The molecule has 0 amide bonds. The van der Waals surface area contributed by atoms with Gasteiger partial charge in [0, 0.05) is 25.8 Å². The van der Waals surface area contributed by atoms with Crippen LogP contribution in [0.15, 0.2) is 0 Å². The number of ether oxygens (including phenoxy) is 2. The Kier molecular flexibility index (Phi) is 6.37. The van der Waals surface area contributed by atoms with Crippen molar-refractivity contribution in [3.8, 4) is 0 Å². The summed E-state index contributed by atoms with van der Waals surface area (Å²) in [4.78, 5) is 11.1. The summed E-state index contributed by atoms with van der Waals surface area (Å²) in [5, 5.41) is 12.8. The molecule has 5 heteroatoms. The van der Waals surface area contributed by atoms with Crippen LogP contribution in [0.1, 0.15) is 26.2 Å². The molecule has 1 saturated heterocycles. The molecule has 0 spiro atoms. The first kappa shape index (κ1) is 13.4. The van der Waals surface area contributed by atoms with E-state index < -0.39 is 6.10 Å². The highest BCUT2D eigenvalue weighted by atomic mass is 16.5. The summed E-state index contributed by atoms with van der Waals surface area (Å²) in [5.74, 6) is -0.344. The van der Waals surface area contributed by atoms with E-state index in [4.69, 9.17) is 9.47 Å². The number of aliphatic hydroxyl groups is 1. The van der Waals surface area contributed by atoms with Gasteiger partial charge < -0.3 is 19.9 Å². The number of aliphatic hydroxyl groups excluding tert-OH is 1. The quantitative estimate of drug-likeness (QED) is 0.633. The van der Waals surface area contributed by atoms with Crippen LogP contribution in [0.2, 0.25) is 0 Å². The van der Waals surface area contributed by atoms with Gasteiger partial charge >= 0.3 is 5.97 Å². The van der Waals surface area contributed by atoms with Crippen LogP contribution in [0.5, 0.6) is 0 Å². The number of carbonyl (C=O) groups is 1. The fraction of sp³-hybridized carbons (Fsp3) is 0.909. The van der Waals surface area contributed by atoms with E-state index in [0.29, 0.717) is 19.2 Å². The smallest absolute Gasteiger partial charge is 0.308 e. The molecule has 94 valence electrons. The van der Waals surface area contributed by atoms with Gasteiger partial charge in [-0.05, 0) is 19.8 Å². The summed E-state index contributed by atoms with van der Waals surface area (Å²) in [6.07, 6.45) is 1.32. The van der Waals surface area contributed by atoms with Crippen molar-refractivity contribution in [3.05, 3.63) is 0 Å². The monoisotopic (exact) mass is 231 g/mol. The van der Waals surface area contributed by atoms with Crippen molar-refractivity contribution >= 4 is 5.97 Å². The molecule has 0 bridgehead atoms. The number of carbonyl (C=O) groups excluding carboxylic acids is 1. The van der Waals surface area contributed by atoms with Gasteiger partial charge in [-0.3, -0.25) is 4.79 Å². The molecule has 0 aliphatic carbocycles. The third kappa shape index (κ3) is 5.44. The second kappa shape index (κ2) is 7.60. The fourth-order valence-corrected chi connectivity index (χ4v) is 1.69. The molecule has 1 aliphatic heterocycles. The van der Waals surface area contributed by atoms with Crippen LogP contribution in [-0.2, 0) is 14.3 Å². The molecule has 5 nitrogen and oxygen atoms in total. The second-order valence-electron chi connectivity index (χ2n) is 3.96. The maximum atomic E-state index is 11.1. The van der Waals surface area contributed by atoms with E-state index in [0.717, 1.165) is 26.1 Å². The lowest BCUT2D eigenvalue weighted by Gasteiger charge is -2.24. The Bertz CT molecular complexity index is 204. The van der Waals surface area contributed by atoms with Gasteiger partial charge in [0.1, 0.15) is 0 Å². The van der Waals surface area contributed by atoms with Crippen molar-refractivity contribution < 1.29 is 19.4 Å². The van der Waals surface area contributed by atoms with E-state index in [-0.39, 0.29) is 12.4 Å². The Balaban J connectivity index is 2.08. The van der Waals surface area contributed by atoms with Crippen LogP contribution < -0.4 is 5.32 Å². The van der Waals surface area contributed by atoms with Crippen LogP contribution in [0.25, 0.3) is 0 Å². The molecule has 0 aromatic heterocycles.